The maximum absolute atomic E-state index is 12.9. The van der Waals surface area contributed by atoms with Gasteiger partial charge >= 0.3 is 5.97 Å². The Bertz CT molecular complexity index is 1390. The number of benzene rings is 3. The third kappa shape index (κ3) is 6.48. The number of ether oxygens (including phenoxy) is 4. The smallest absolute Gasteiger partial charge is 0.343 e. The molecule has 0 bridgehead atoms. The van der Waals surface area contributed by atoms with Gasteiger partial charge in [0.1, 0.15) is 6.61 Å². The van der Waals surface area contributed by atoms with Crippen LogP contribution in [0.2, 0.25) is 5.02 Å². The van der Waals surface area contributed by atoms with Crippen molar-refractivity contribution in [3.05, 3.63) is 87.8 Å². The van der Waals surface area contributed by atoms with Gasteiger partial charge in [-0.2, -0.15) is 0 Å². The quantitative estimate of drug-likeness (QED) is 0.169. The molecule has 0 aliphatic carbocycles. The zero-order valence-corrected chi connectivity index (χ0v) is 22.2. The van der Waals surface area contributed by atoms with Gasteiger partial charge in [0.25, 0.3) is 11.1 Å². The number of hydrogen-bond donors (Lipinski definition) is 0. The van der Waals surface area contributed by atoms with E-state index in [0.717, 1.165) is 16.7 Å². The molecule has 0 radical (unpaired) electrons. The summed E-state index contributed by atoms with van der Waals surface area (Å²) in [7, 11) is 1.54. The highest BCUT2D eigenvalue weighted by Crippen LogP contribution is 2.35. The van der Waals surface area contributed by atoms with Crippen LogP contribution in [0.1, 0.15) is 22.8 Å². The van der Waals surface area contributed by atoms with Crippen LogP contribution >= 0.6 is 23.4 Å². The van der Waals surface area contributed by atoms with Crippen LogP contribution in [0.25, 0.3) is 6.08 Å². The molecule has 0 spiro atoms. The highest BCUT2D eigenvalue weighted by atomic mass is 35.5. The van der Waals surface area contributed by atoms with E-state index >= 15 is 0 Å². The van der Waals surface area contributed by atoms with Crippen LogP contribution in [0.5, 0.6) is 23.0 Å². The molecule has 1 aliphatic heterocycles. The molecule has 0 aromatic heterocycles. The molecule has 1 aliphatic rings. The van der Waals surface area contributed by atoms with Crippen molar-refractivity contribution in [1.82, 2.24) is 4.90 Å². The maximum Gasteiger partial charge on any atom is 0.343 e. The minimum absolute atomic E-state index is 0.0860. The molecule has 0 unspecified atom stereocenters. The Morgan fingerprint density at radius 2 is 1.74 bits per heavy atom. The number of esters is 1. The first kappa shape index (κ1) is 27.1. The molecule has 38 heavy (non-hydrogen) atoms. The summed E-state index contributed by atoms with van der Waals surface area (Å²) in [5.74, 6) is 0.623. The largest absolute Gasteiger partial charge is 0.493 e. The highest BCUT2D eigenvalue weighted by molar-refractivity contribution is 8.18. The summed E-state index contributed by atoms with van der Waals surface area (Å²) in [4.78, 5) is 39.4. The number of thioether (sulfide) groups is 1. The zero-order valence-electron chi connectivity index (χ0n) is 20.6. The Morgan fingerprint density at radius 3 is 2.47 bits per heavy atom. The lowest BCUT2D eigenvalue weighted by Gasteiger charge is -2.14. The Hall–Kier alpha value is -3.95. The third-order valence-electron chi connectivity index (χ3n) is 5.34. The van der Waals surface area contributed by atoms with Crippen molar-refractivity contribution in [2.75, 3.05) is 26.9 Å². The van der Waals surface area contributed by atoms with Crippen LogP contribution in [0, 0.1) is 0 Å². The average molecular weight is 554 g/mol. The van der Waals surface area contributed by atoms with Crippen molar-refractivity contribution in [3.63, 3.8) is 0 Å². The lowest BCUT2D eigenvalue weighted by molar-refractivity contribution is -0.123. The molecule has 8 nitrogen and oxygen atoms in total. The van der Waals surface area contributed by atoms with E-state index in [0.29, 0.717) is 40.0 Å². The zero-order chi connectivity index (χ0) is 27.1. The van der Waals surface area contributed by atoms with Crippen molar-refractivity contribution < 1.29 is 33.3 Å². The molecule has 0 N–H and O–H groups in total. The second-order valence-electron chi connectivity index (χ2n) is 7.87. The van der Waals surface area contributed by atoms with Gasteiger partial charge in [0.15, 0.2) is 23.0 Å². The van der Waals surface area contributed by atoms with Gasteiger partial charge in [-0.15, -0.1) is 0 Å². The normalized spacial score (nSPS) is 14.1. The molecule has 1 saturated heterocycles. The first-order chi connectivity index (χ1) is 18.4. The minimum Gasteiger partial charge on any atom is -0.493 e. The van der Waals surface area contributed by atoms with Gasteiger partial charge in [0.2, 0.25) is 0 Å². The van der Waals surface area contributed by atoms with Crippen LogP contribution in [0.3, 0.4) is 0 Å². The number of imide groups is 1. The molecule has 2 amide bonds. The van der Waals surface area contributed by atoms with E-state index in [9.17, 15) is 14.4 Å². The summed E-state index contributed by atoms with van der Waals surface area (Å²) in [5, 5.41) is 0.0297. The Balaban J connectivity index is 1.45. The molecule has 0 saturated carbocycles. The number of carbonyl (C=O) groups is 3. The first-order valence-corrected chi connectivity index (χ1v) is 12.8. The van der Waals surface area contributed by atoms with Crippen molar-refractivity contribution in [2.45, 2.75) is 6.92 Å². The Morgan fingerprint density at radius 1 is 0.947 bits per heavy atom. The van der Waals surface area contributed by atoms with Crippen molar-refractivity contribution in [1.29, 1.82) is 0 Å². The molecule has 196 valence electrons. The second-order valence-corrected chi connectivity index (χ2v) is 9.30. The summed E-state index contributed by atoms with van der Waals surface area (Å²) >= 11 is 6.81. The number of hydrogen-bond acceptors (Lipinski definition) is 8. The highest BCUT2D eigenvalue weighted by Gasteiger charge is 2.35. The van der Waals surface area contributed by atoms with Gasteiger partial charge in [-0.25, -0.2) is 4.79 Å². The van der Waals surface area contributed by atoms with Crippen molar-refractivity contribution in [2.24, 2.45) is 0 Å². The lowest BCUT2D eigenvalue weighted by Crippen LogP contribution is -2.32. The third-order valence-corrected chi connectivity index (χ3v) is 6.49. The first-order valence-electron chi connectivity index (χ1n) is 11.7. The predicted molar refractivity (Wildman–Crippen MR) is 145 cm³/mol. The number of rotatable bonds is 10. The van der Waals surface area contributed by atoms with Crippen molar-refractivity contribution in [3.8, 4) is 23.0 Å². The van der Waals surface area contributed by atoms with Gasteiger partial charge in [0.05, 0.1) is 30.7 Å². The van der Waals surface area contributed by atoms with Gasteiger partial charge in [-0.3, -0.25) is 14.5 Å². The van der Waals surface area contributed by atoms with Crippen LogP contribution in [0.4, 0.5) is 4.79 Å². The maximum atomic E-state index is 12.9. The summed E-state index contributed by atoms with van der Waals surface area (Å²) in [6, 6.07) is 18.4. The minimum atomic E-state index is -0.585. The number of carbonyl (C=O) groups excluding carboxylic acids is 3. The van der Waals surface area contributed by atoms with Crippen LogP contribution in [-0.4, -0.2) is 48.9 Å². The fraction of sp³-hybridized carbons (Fsp3) is 0.179. The molecule has 10 heteroatoms. The summed E-state index contributed by atoms with van der Waals surface area (Å²) in [5.41, 5.74) is 0.902. The number of halogens is 1. The summed E-state index contributed by atoms with van der Waals surface area (Å²) in [6.07, 6.45) is 1.59. The lowest BCUT2D eigenvalue weighted by atomic mass is 10.1. The van der Waals surface area contributed by atoms with E-state index in [4.69, 9.17) is 30.5 Å². The van der Waals surface area contributed by atoms with Crippen LogP contribution in [0.15, 0.2) is 71.6 Å². The monoisotopic (exact) mass is 553 g/mol. The van der Waals surface area contributed by atoms with E-state index in [1.807, 2.05) is 6.07 Å². The standard InChI is InChI=1S/C28H24ClNO7S/c1-3-35-24-15-18(11-12-23(24)37-27(32)19-7-6-8-20(29)17-19)16-25-26(31)30(28(33)38-25)13-14-36-22-10-5-4-9-21(22)34-2/h4-12,15-17H,3,13-14H2,1-2H3/b25-16-. The molecular formula is C28H24ClNO7S. The predicted octanol–water partition coefficient (Wildman–Crippen LogP) is 6.08. The van der Waals surface area contributed by atoms with Gasteiger partial charge in [0, 0.05) is 5.02 Å². The van der Waals surface area contributed by atoms with Crippen LogP contribution in [-0.2, 0) is 4.79 Å². The van der Waals surface area contributed by atoms with Crippen molar-refractivity contribution >= 4 is 46.6 Å². The SMILES string of the molecule is CCOc1cc(/C=C2\SC(=O)N(CCOc3ccccc3OC)C2=O)ccc1OC(=O)c1cccc(Cl)c1. The molecule has 3 aromatic rings. The molecule has 1 heterocycles. The summed E-state index contributed by atoms with van der Waals surface area (Å²) < 4.78 is 22.1. The van der Waals surface area contributed by atoms with E-state index in [-0.39, 0.29) is 29.0 Å². The number of nitrogens with zero attached hydrogens (tertiary/aromatic N) is 1. The molecule has 4 rings (SSSR count). The molecule has 0 atom stereocenters. The van der Waals surface area contributed by atoms with E-state index in [1.54, 1.807) is 67.6 Å². The van der Waals surface area contributed by atoms with E-state index in [1.165, 1.54) is 13.2 Å². The summed E-state index contributed by atoms with van der Waals surface area (Å²) in [6.45, 7) is 2.33. The number of para-hydroxylation sites is 2. The number of amides is 2. The fourth-order valence-electron chi connectivity index (χ4n) is 3.57. The fourth-order valence-corrected chi connectivity index (χ4v) is 4.63. The van der Waals surface area contributed by atoms with E-state index in [2.05, 4.69) is 0 Å². The molecule has 3 aromatic carbocycles. The van der Waals surface area contributed by atoms with Gasteiger partial charge < -0.3 is 18.9 Å². The van der Waals surface area contributed by atoms with E-state index < -0.39 is 11.9 Å². The molecule has 1 fully saturated rings. The van der Waals surface area contributed by atoms with Crippen LogP contribution < -0.4 is 18.9 Å². The topological polar surface area (TPSA) is 91.4 Å². The Kier molecular flexibility index (Phi) is 8.93. The van der Waals surface area contributed by atoms with Gasteiger partial charge in [-0.1, -0.05) is 35.9 Å². The second kappa shape index (κ2) is 12.5. The molecular weight excluding hydrogens is 530 g/mol. The number of methoxy groups -OCH3 is 1. The van der Waals surface area contributed by atoms with Gasteiger partial charge in [-0.05, 0) is 72.8 Å². The average Bonchev–Trinajstić information content (AvgIpc) is 3.17. The Labute approximate surface area is 229 Å².